The Morgan fingerprint density at radius 3 is 2.75 bits per heavy atom. The highest BCUT2D eigenvalue weighted by molar-refractivity contribution is 5.78. The number of nitrogens with one attached hydrogen (secondary N) is 1. The summed E-state index contributed by atoms with van der Waals surface area (Å²) in [5.41, 5.74) is 5.75. The summed E-state index contributed by atoms with van der Waals surface area (Å²) in [5, 5.41) is 2.92. The molecule has 2 atom stereocenters. The van der Waals surface area contributed by atoms with E-state index in [1.54, 1.807) is 0 Å². The minimum atomic E-state index is 0.111. The molecule has 4 heteroatoms. The average Bonchev–Trinajstić information content (AvgIpc) is 2.63. The van der Waals surface area contributed by atoms with E-state index in [1.165, 1.54) is 19.3 Å². The van der Waals surface area contributed by atoms with Crippen molar-refractivity contribution < 1.29 is 4.79 Å². The third-order valence-electron chi connectivity index (χ3n) is 3.33. The first kappa shape index (κ1) is 13.5. The molecule has 2 unspecified atom stereocenters. The predicted molar refractivity (Wildman–Crippen MR) is 66.1 cm³/mol. The lowest BCUT2D eigenvalue weighted by Gasteiger charge is -2.28. The number of nitrogens with zero attached hydrogens (tertiary/aromatic N) is 1. The van der Waals surface area contributed by atoms with Gasteiger partial charge in [0, 0.05) is 12.1 Å². The number of nitrogens with two attached hydrogens (primary N) is 1. The fourth-order valence-electron chi connectivity index (χ4n) is 2.58. The highest BCUT2D eigenvalue weighted by Gasteiger charge is 2.29. The first-order chi connectivity index (χ1) is 7.54. The summed E-state index contributed by atoms with van der Waals surface area (Å²) in [7, 11) is 2.03. The summed E-state index contributed by atoms with van der Waals surface area (Å²) < 4.78 is 0. The first-order valence-electron chi connectivity index (χ1n) is 6.24. The molecule has 0 aliphatic heterocycles. The van der Waals surface area contributed by atoms with E-state index >= 15 is 0 Å². The van der Waals surface area contributed by atoms with Gasteiger partial charge in [-0.15, -0.1) is 0 Å². The smallest absolute Gasteiger partial charge is 0.234 e. The van der Waals surface area contributed by atoms with Crippen molar-refractivity contribution in [3.63, 3.8) is 0 Å². The molecule has 0 heterocycles. The summed E-state index contributed by atoms with van der Waals surface area (Å²) >= 11 is 0. The van der Waals surface area contributed by atoms with Crippen LogP contribution in [0.2, 0.25) is 0 Å². The number of amides is 1. The third kappa shape index (κ3) is 3.76. The molecular formula is C12H25N3O. The van der Waals surface area contributed by atoms with Gasteiger partial charge in [-0.1, -0.05) is 6.42 Å². The summed E-state index contributed by atoms with van der Waals surface area (Å²) in [5.74, 6) is 0.678. The molecule has 94 valence electrons. The fourth-order valence-corrected chi connectivity index (χ4v) is 2.58. The van der Waals surface area contributed by atoms with Crippen molar-refractivity contribution in [2.45, 2.75) is 45.2 Å². The molecule has 1 aliphatic rings. The van der Waals surface area contributed by atoms with E-state index in [-0.39, 0.29) is 11.9 Å². The molecule has 4 nitrogen and oxygen atoms in total. The second kappa shape index (κ2) is 6.21. The van der Waals surface area contributed by atoms with Crippen molar-refractivity contribution in [1.82, 2.24) is 10.2 Å². The zero-order valence-electron chi connectivity index (χ0n) is 10.7. The van der Waals surface area contributed by atoms with Gasteiger partial charge in [0.15, 0.2) is 0 Å². The average molecular weight is 227 g/mol. The lowest BCUT2D eigenvalue weighted by atomic mass is 10.0. The largest absolute Gasteiger partial charge is 0.353 e. The van der Waals surface area contributed by atoms with Crippen LogP contribution in [0.4, 0.5) is 0 Å². The first-order valence-corrected chi connectivity index (χ1v) is 6.24. The second-order valence-electron chi connectivity index (χ2n) is 5.13. The lowest BCUT2D eigenvalue weighted by Crippen LogP contribution is -2.44. The molecule has 1 fully saturated rings. The number of carbonyl (C=O) groups excluding carboxylic acids is 1. The van der Waals surface area contributed by atoms with Gasteiger partial charge < -0.3 is 11.1 Å². The third-order valence-corrected chi connectivity index (χ3v) is 3.33. The van der Waals surface area contributed by atoms with Crippen LogP contribution in [0.3, 0.4) is 0 Å². The van der Waals surface area contributed by atoms with Crippen LogP contribution >= 0.6 is 0 Å². The topological polar surface area (TPSA) is 58.4 Å². The molecule has 0 aromatic heterocycles. The Hall–Kier alpha value is -0.610. The van der Waals surface area contributed by atoms with Crippen LogP contribution in [0.15, 0.2) is 0 Å². The molecular weight excluding hydrogens is 202 g/mol. The zero-order valence-corrected chi connectivity index (χ0v) is 10.7. The van der Waals surface area contributed by atoms with Crippen LogP contribution < -0.4 is 11.1 Å². The number of likely N-dealkylation sites (N-methyl/N-ethyl adjacent to an activating group) is 1. The normalized spacial score (nSPS) is 25.4. The zero-order chi connectivity index (χ0) is 12.1. The lowest BCUT2D eigenvalue weighted by molar-refractivity contribution is -0.123. The molecule has 0 radical (unpaired) electrons. The van der Waals surface area contributed by atoms with Crippen LogP contribution in [0.25, 0.3) is 0 Å². The standard InChI is InChI=1S/C12H25N3O/c1-9(2)14-12(16)8-15(3)11-6-4-5-10(11)7-13/h9-11H,4-8,13H2,1-3H3,(H,14,16). The van der Waals surface area contributed by atoms with Crippen LogP contribution in [-0.4, -0.2) is 43.0 Å². The fraction of sp³-hybridized carbons (Fsp3) is 0.917. The molecule has 1 amide bonds. The highest BCUT2D eigenvalue weighted by atomic mass is 16.2. The van der Waals surface area contributed by atoms with Gasteiger partial charge >= 0.3 is 0 Å². The molecule has 0 aromatic rings. The Kier molecular flexibility index (Phi) is 5.22. The number of hydrogen-bond donors (Lipinski definition) is 2. The SMILES string of the molecule is CC(C)NC(=O)CN(C)C1CCCC1CN. The van der Waals surface area contributed by atoms with Gasteiger partial charge in [0.2, 0.25) is 5.91 Å². The summed E-state index contributed by atoms with van der Waals surface area (Å²) in [6.07, 6.45) is 3.62. The van der Waals surface area contributed by atoms with Gasteiger partial charge in [-0.25, -0.2) is 0 Å². The number of rotatable bonds is 5. The van der Waals surface area contributed by atoms with E-state index in [0.717, 1.165) is 6.54 Å². The van der Waals surface area contributed by atoms with Gasteiger partial charge in [-0.2, -0.15) is 0 Å². The summed E-state index contributed by atoms with van der Waals surface area (Å²) in [6, 6.07) is 0.706. The van der Waals surface area contributed by atoms with E-state index in [2.05, 4.69) is 10.2 Å². The van der Waals surface area contributed by atoms with Gasteiger partial charge in [0.1, 0.15) is 0 Å². The molecule has 1 rings (SSSR count). The van der Waals surface area contributed by atoms with Crippen LogP contribution in [0.1, 0.15) is 33.1 Å². The van der Waals surface area contributed by atoms with Gasteiger partial charge in [-0.05, 0) is 46.2 Å². The van der Waals surface area contributed by atoms with Crippen LogP contribution in [0, 0.1) is 5.92 Å². The van der Waals surface area contributed by atoms with Crippen molar-refractivity contribution in [3.05, 3.63) is 0 Å². The Balaban J connectivity index is 2.39. The van der Waals surface area contributed by atoms with Crippen molar-refractivity contribution >= 4 is 5.91 Å². The second-order valence-corrected chi connectivity index (χ2v) is 5.13. The van der Waals surface area contributed by atoms with Crippen molar-refractivity contribution in [2.24, 2.45) is 11.7 Å². The molecule has 16 heavy (non-hydrogen) atoms. The van der Waals surface area contributed by atoms with E-state index in [0.29, 0.717) is 18.5 Å². The number of hydrogen-bond acceptors (Lipinski definition) is 3. The maximum atomic E-state index is 11.6. The van der Waals surface area contributed by atoms with Crippen LogP contribution in [-0.2, 0) is 4.79 Å². The van der Waals surface area contributed by atoms with Crippen LogP contribution in [0.5, 0.6) is 0 Å². The maximum Gasteiger partial charge on any atom is 0.234 e. The Morgan fingerprint density at radius 1 is 1.50 bits per heavy atom. The van der Waals surface area contributed by atoms with E-state index in [4.69, 9.17) is 5.73 Å². The van der Waals surface area contributed by atoms with Crippen molar-refractivity contribution in [3.8, 4) is 0 Å². The van der Waals surface area contributed by atoms with E-state index in [1.807, 2.05) is 20.9 Å². The summed E-state index contributed by atoms with van der Waals surface area (Å²) in [6.45, 7) is 5.19. The predicted octanol–water partition coefficient (Wildman–Crippen LogP) is 0.570. The molecule has 3 N–H and O–H groups in total. The quantitative estimate of drug-likeness (QED) is 0.722. The van der Waals surface area contributed by atoms with E-state index < -0.39 is 0 Å². The van der Waals surface area contributed by atoms with Crippen molar-refractivity contribution in [2.75, 3.05) is 20.1 Å². The summed E-state index contributed by atoms with van der Waals surface area (Å²) in [4.78, 5) is 13.8. The molecule has 0 aromatic carbocycles. The van der Waals surface area contributed by atoms with Gasteiger partial charge in [-0.3, -0.25) is 9.69 Å². The molecule has 0 spiro atoms. The van der Waals surface area contributed by atoms with Gasteiger partial charge in [0.05, 0.1) is 6.54 Å². The highest BCUT2D eigenvalue weighted by Crippen LogP contribution is 2.28. The Bertz CT molecular complexity index is 230. The molecule has 1 saturated carbocycles. The van der Waals surface area contributed by atoms with Crippen molar-refractivity contribution in [1.29, 1.82) is 0 Å². The monoisotopic (exact) mass is 227 g/mol. The minimum absolute atomic E-state index is 0.111. The molecule has 1 aliphatic carbocycles. The molecule has 0 bridgehead atoms. The molecule has 0 saturated heterocycles. The number of carbonyl (C=O) groups is 1. The van der Waals surface area contributed by atoms with E-state index in [9.17, 15) is 4.79 Å². The Labute approximate surface area is 98.6 Å². The Morgan fingerprint density at radius 2 is 2.19 bits per heavy atom. The van der Waals surface area contributed by atoms with Gasteiger partial charge in [0.25, 0.3) is 0 Å². The maximum absolute atomic E-state index is 11.6. The minimum Gasteiger partial charge on any atom is -0.353 e.